The second kappa shape index (κ2) is 17.6. The van der Waals surface area contributed by atoms with Crippen LogP contribution in [0.25, 0.3) is 10.4 Å². The summed E-state index contributed by atoms with van der Waals surface area (Å²) in [4.78, 5) is 3.09. The van der Waals surface area contributed by atoms with Crippen molar-refractivity contribution in [2.75, 3.05) is 26.3 Å². The molecule has 1 aromatic rings. The molecule has 0 aromatic heterocycles. The minimum absolute atomic E-state index is 0.173. The Balaban J connectivity index is 1.83. The lowest BCUT2D eigenvalue weighted by atomic mass is 10.0. The molecule has 2 N–H and O–H groups in total. The number of rotatable bonds is 20. The van der Waals surface area contributed by atoms with Gasteiger partial charge in [0.15, 0.2) is 14.1 Å². The zero-order valence-corrected chi connectivity index (χ0v) is 27.7. The van der Waals surface area contributed by atoms with Gasteiger partial charge in [-0.3, -0.25) is 0 Å². The van der Waals surface area contributed by atoms with Gasteiger partial charge in [-0.15, -0.1) is 0 Å². The van der Waals surface area contributed by atoms with Gasteiger partial charge in [-0.1, -0.05) is 89.8 Å². The molecule has 1 aliphatic rings. The predicted octanol–water partition coefficient (Wildman–Crippen LogP) is 7.11. The molecule has 0 unspecified atom stereocenters. The fraction of sp³-hybridized carbons (Fsp3) is 0.806. The van der Waals surface area contributed by atoms with Crippen LogP contribution in [0.15, 0.2) is 35.4 Å². The Labute approximate surface area is 249 Å². The van der Waals surface area contributed by atoms with Crippen LogP contribution in [0.2, 0.25) is 16.6 Å². The summed E-state index contributed by atoms with van der Waals surface area (Å²) in [6, 6.07) is 9.71. The molecule has 1 aromatic carbocycles. The maximum absolute atomic E-state index is 11.3. The van der Waals surface area contributed by atoms with E-state index in [1.165, 1.54) is 5.56 Å². The highest BCUT2D eigenvalue weighted by molar-refractivity contribution is 6.77. The van der Waals surface area contributed by atoms with E-state index in [9.17, 15) is 10.6 Å². The topological polar surface area (TPSA) is 118 Å². The molecular formula is C31H56N4O5Si. The molecule has 1 saturated heterocycles. The lowest BCUT2D eigenvalue weighted by Crippen LogP contribution is -2.52. The summed E-state index contributed by atoms with van der Waals surface area (Å²) in [5.74, 6) is -0.898. The third-order valence-electron chi connectivity index (χ3n) is 8.19. The fourth-order valence-corrected chi connectivity index (χ4v) is 11.8. The number of nitrogens with zero attached hydrogens (tertiary/aromatic N) is 3. The van der Waals surface area contributed by atoms with E-state index in [1.54, 1.807) is 0 Å². The molecule has 9 nitrogen and oxygen atoms in total. The van der Waals surface area contributed by atoms with Crippen molar-refractivity contribution in [3.8, 4) is 0 Å². The van der Waals surface area contributed by atoms with E-state index in [1.807, 2.05) is 32.0 Å². The number of azide groups is 1. The number of hydrogen-bond acceptors (Lipinski definition) is 7. The van der Waals surface area contributed by atoms with Gasteiger partial charge in [0.1, 0.15) is 12.2 Å². The molecule has 41 heavy (non-hydrogen) atoms. The van der Waals surface area contributed by atoms with Crippen molar-refractivity contribution in [2.45, 2.75) is 134 Å². The number of aliphatic hydroxyl groups excluding tert-OH is 1. The lowest BCUT2D eigenvalue weighted by molar-refractivity contribution is -0.157. The summed E-state index contributed by atoms with van der Waals surface area (Å²) in [7, 11) is -2.16. The Kier molecular flexibility index (Phi) is 15.3. The monoisotopic (exact) mass is 592 g/mol. The van der Waals surface area contributed by atoms with Crippen molar-refractivity contribution < 1.29 is 23.7 Å². The molecule has 1 heterocycles. The standard InChI is InChI=1S/C31H56N4O5Si/c1-23(2)41(24(3)4,25(5)6)38-22-28(36)30-29(39-31(7,8)40-30)27(34-35-32)20-33-18-14-9-10-15-19-37-21-26-16-12-11-13-17-26/h11-13,16-17,23-25,27-30,33,36H,9-10,14-15,18-22H2,1-8H3/t27-,28+,29+,30-/m0/s1. The Bertz CT molecular complexity index is 889. The molecule has 10 heteroatoms. The van der Waals surface area contributed by atoms with E-state index in [0.717, 1.165) is 38.8 Å². The van der Waals surface area contributed by atoms with E-state index in [4.69, 9.17) is 18.6 Å². The zero-order valence-electron chi connectivity index (χ0n) is 26.7. The van der Waals surface area contributed by atoms with Crippen molar-refractivity contribution in [1.29, 1.82) is 0 Å². The first-order valence-electron chi connectivity index (χ1n) is 15.5. The average Bonchev–Trinajstić information content (AvgIpc) is 3.24. The van der Waals surface area contributed by atoms with E-state index < -0.39 is 38.5 Å². The summed E-state index contributed by atoms with van der Waals surface area (Å²) in [6.45, 7) is 19.8. The molecule has 4 atom stereocenters. The Morgan fingerprint density at radius 3 is 2.20 bits per heavy atom. The van der Waals surface area contributed by atoms with E-state index in [0.29, 0.717) is 29.8 Å². The van der Waals surface area contributed by atoms with Crippen LogP contribution in [0.1, 0.15) is 86.6 Å². The summed E-state index contributed by atoms with van der Waals surface area (Å²) in [6.07, 6.45) is 2.11. The fourth-order valence-electron chi connectivity index (χ4n) is 6.35. The summed E-state index contributed by atoms with van der Waals surface area (Å²) < 4.78 is 24.8. The lowest BCUT2D eigenvalue weighted by Gasteiger charge is -2.43. The molecule has 0 bridgehead atoms. The van der Waals surface area contributed by atoms with Gasteiger partial charge in [0.05, 0.1) is 25.4 Å². The number of aliphatic hydroxyl groups is 1. The maximum atomic E-state index is 11.3. The number of nitrogens with one attached hydrogen (secondary N) is 1. The Hall–Kier alpha value is -1.49. The largest absolute Gasteiger partial charge is 0.413 e. The van der Waals surface area contributed by atoms with Crippen molar-refractivity contribution in [3.63, 3.8) is 0 Å². The van der Waals surface area contributed by atoms with Gasteiger partial charge < -0.3 is 29.1 Å². The minimum Gasteiger partial charge on any atom is -0.413 e. The maximum Gasteiger partial charge on any atom is 0.200 e. The first kappa shape index (κ1) is 35.7. The van der Waals surface area contributed by atoms with Crippen molar-refractivity contribution in [2.24, 2.45) is 5.11 Å². The third-order valence-corrected chi connectivity index (χ3v) is 14.3. The summed E-state index contributed by atoms with van der Waals surface area (Å²) >= 11 is 0. The van der Waals surface area contributed by atoms with Crippen LogP contribution in [0, 0.1) is 0 Å². The first-order chi connectivity index (χ1) is 19.4. The number of benzene rings is 1. The van der Waals surface area contributed by atoms with Gasteiger partial charge in [-0.25, -0.2) is 0 Å². The van der Waals surface area contributed by atoms with Gasteiger partial charge in [0.2, 0.25) is 0 Å². The van der Waals surface area contributed by atoms with Crippen LogP contribution in [-0.4, -0.2) is 69.9 Å². The van der Waals surface area contributed by atoms with Crippen LogP contribution in [0.5, 0.6) is 0 Å². The highest BCUT2D eigenvalue weighted by Crippen LogP contribution is 2.43. The molecule has 0 spiro atoms. The van der Waals surface area contributed by atoms with Crippen LogP contribution in [0.4, 0.5) is 0 Å². The minimum atomic E-state index is -2.16. The highest BCUT2D eigenvalue weighted by atomic mass is 28.4. The van der Waals surface area contributed by atoms with E-state index in [-0.39, 0.29) is 6.61 Å². The van der Waals surface area contributed by atoms with Crippen LogP contribution in [0.3, 0.4) is 0 Å². The molecule has 0 saturated carbocycles. The smallest absolute Gasteiger partial charge is 0.200 e. The molecule has 1 fully saturated rings. The number of unbranched alkanes of at least 4 members (excludes halogenated alkanes) is 3. The van der Waals surface area contributed by atoms with Crippen molar-refractivity contribution in [3.05, 3.63) is 46.3 Å². The average molecular weight is 593 g/mol. The van der Waals surface area contributed by atoms with Crippen molar-refractivity contribution >= 4 is 8.32 Å². The van der Waals surface area contributed by atoms with E-state index in [2.05, 4.69) is 69.0 Å². The summed E-state index contributed by atoms with van der Waals surface area (Å²) in [5, 5.41) is 18.8. The van der Waals surface area contributed by atoms with Crippen LogP contribution in [-0.2, 0) is 25.2 Å². The summed E-state index contributed by atoms with van der Waals surface area (Å²) in [5.41, 5.74) is 11.7. The molecule has 0 aliphatic carbocycles. The molecule has 2 rings (SSSR count). The highest BCUT2D eigenvalue weighted by Gasteiger charge is 2.50. The molecule has 0 radical (unpaired) electrons. The quantitative estimate of drug-likeness (QED) is 0.0548. The number of hydrogen-bond donors (Lipinski definition) is 2. The Morgan fingerprint density at radius 2 is 1.59 bits per heavy atom. The molecule has 0 amide bonds. The third kappa shape index (κ3) is 10.9. The van der Waals surface area contributed by atoms with Crippen LogP contribution < -0.4 is 5.32 Å². The zero-order chi connectivity index (χ0) is 30.5. The molecule has 1 aliphatic heterocycles. The van der Waals surface area contributed by atoms with Gasteiger partial charge in [0, 0.05) is 18.1 Å². The van der Waals surface area contributed by atoms with Gasteiger partial charge in [-0.05, 0) is 61.0 Å². The van der Waals surface area contributed by atoms with Gasteiger partial charge in [0.25, 0.3) is 0 Å². The Morgan fingerprint density at radius 1 is 0.976 bits per heavy atom. The molecule has 234 valence electrons. The molecular weight excluding hydrogens is 536 g/mol. The predicted molar refractivity (Wildman–Crippen MR) is 167 cm³/mol. The SMILES string of the molecule is CC(C)[Si](OC[C@@H](O)[C@@H]1OC(C)(C)O[C@@H]1[C@H](CNCCCCCCOCc1ccccc1)N=[N+]=[N-])(C(C)C)C(C)C. The van der Waals surface area contributed by atoms with Gasteiger partial charge in [-0.2, -0.15) is 0 Å². The van der Waals surface area contributed by atoms with Crippen LogP contribution >= 0.6 is 0 Å². The van der Waals surface area contributed by atoms with Crippen molar-refractivity contribution in [1.82, 2.24) is 5.32 Å². The van der Waals surface area contributed by atoms with Gasteiger partial charge >= 0.3 is 0 Å². The number of ether oxygens (including phenoxy) is 3. The first-order valence-corrected chi connectivity index (χ1v) is 17.6. The normalized spacial score (nSPS) is 20.5. The second-order valence-corrected chi connectivity index (χ2v) is 18.1. The second-order valence-electron chi connectivity index (χ2n) is 12.7. The van der Waals surface area contributed by atoms with E-state index >= 15 is 0 Å².